The van der Waals surface area contributed by atoms with Crippen molar-refractivity contribution in [3.05, 3.63) is 11.1 Å². The average molecular weight is 285 g/mol. The molecule has 0 aromatic carbocycles. The van der Waals surface area contributed by atoms with Crippen LogP contribution < -0.4 is 10.2 Å². The predicted octanol–water partition coefficient (Wildman–Crippen LogP) is 2.90. The Labute approximate surface area is 121 Å². The van der Waals surface area contributed by atoms with E-state index in [1.54, 1.807) is 11.3 Å². The standard InChI is InChI=1S/C14H27N3OS/c1-4-9-18-10-7-8-15-11-13-12-16-14(19-13)17(5-2)6-3/h12,15H,4-11H2,1-3H3. The molecule has 0 unspecified atom stereocenters. The van der Waals surface area contributed by atoms with E-state index in [4.69, 9.17) is 4.74 Å². The van der Waals surface area contributed by atoms with E-state index in [1.807, 2.05) is 6.20 Å². The first-order valence-corrected chi connectivity index (χ1v) is 8.11. The molecule has 0 aliphatic heterocycles. The molecule has 0 fully saturated rings. The van der Waals surface area contributed by atoms with Gasteiger partial charge >= 0.3 is 0 Å². The molecule has 19 heavy (non-hydrogen) atoms. The van der Waals surface area contributed by atoms with Gasteiger partial charge in [-0.05, 0) is 33.2 Å². The van der Waals surface area contributed by atoms with Crippen LogP contribution in [0.3, 0.4) is 0 Å². The number of hydrogen-bond donors (Lipinski definition) is 1. The van der Waals surface area contributed by atoms with Crippen molar-refractivity contribution >= 4 is 16.5 Å². The average Bonchev–Trinajstić information content (AvgIpc) is 2.88. The van der Waals surface area contributed by atoms with Gasteiger partial charge in [0.05, 0.1) is 0 Å². The summed E-state index contributed by atoms with van der Waals surface area (Å²) in [7, 11) is 0. The fourth-order valence-electron chi connectivity index (χ4n) is 1.78. The summed E-state index contributed by atoms with van der Waals surface area (Å²) in [6.07, 6.45) is 4.16. The molecule has 1 aromatic rings. The number of thiazole rings is 1. The monoisotopic (exact) mass is 285 g/mol. The Morgan fingerprint density at radius 1 is 1.26 bits per heavy atom. The topological polar surface area (TPSA) is 37.4 Å². The van der Waals surface area contributed by atoms with Crippen LogP contribution in [0.1, 0.15) is 38.5 Å². The van der Waals surface area contributed by atoms with Gasteiger partial charge in [-0.3, -0.25) is 0 Å². The number of anilines is 1. The number of nitrogens with one attached hydrogen (secondary N) is 1. The van der Waals surface area contributed by atoms with Gasteiger partial charge in [0.25, 0.3) is 0 Å². The molecule has 0 spiro atoms. The van der Waals surface area contributed by atoms with Gasteiger partial charge in [-0.25, -0.2) is 4.98 Å². The third-order valence-electron chi connectivity index (χ3n) is 2.87. The molecule has 1 heterocycles. The minimum absolute atomic E-state index is 0.855. The quantitative estimate of drug-likeness (QED) is 0.634. The highest BCUT2D eigenvalue weighted by Crippen LogP contribution is 2.21. The summed E-state index contributed by atoms with van der Waals surface area (Å²) in [6, 6.07) is 0. The highest BCUT2D eigenvalue weighted by molar-refractivity contribution is 7.15. The fraction of sp³-hybridized carbons (Fsp3) is 0.786. The molecule has 1 aromatic heterocycles. The summed E-state index contributed by atoms with van der Waals surface area (Å²) in [6.45, 7) is 12.1. The SMILES string of the molecule is CCCOCCCNCc1cnc(N(CC)CC)s1. The van der Waals surface area contributed by atoms with Crippen molar-refractivity contribution < 1.29 is 4.74 Å². The van der Waals surface area contributed by atoms with E-state index in [0.717, 1.165) is 57.4 Å². The molecule has 5 heteroatoms. The lowest BCUT2D eigenvalue weighted by molar-refractivity contribution is 0.132. The first-order valence-electron chi connectivity index (χ1n) is 7.29. The predicted molar refractivity (Wildman–Crippen MR) is 83.1 cm³/mol. The molecule has 1 N–H and O–H groups in total. The van der Waals surface area contributed by atoms with E-state index in [2.05, 4.69) is 36.0 Å². The van der Waals surface area contributed by atoms with Crippen molar-refractivity contribution in [3.63, 3.8) is 0 Å². The molecular formula is C14H27N3OS. The van der Waals surface area contributed by atoms with Crippen LogP contribution in [0.5, 0.6) is 0 Å². The Balaban J connectivity index is 2.16. The second-order valence-electron chi connectivity index (χ2n) is 4.42. The zero-order chi connectivity index (χ0) is 13.9. The molecule has 110 valence electrons. The summed E-state index contributed by atoms with van der Waals surface area (Å²) < 4.78 is 5.44. The number of ether oxygens (including phenoxy) is 1. The van der Waals surface area contributed by atoms with Gasteiger partial charge in [-0.1, -0.05) is 6.92 Å². The Hall–Kier alpha value is -0.650. The Kier molecular flexibility index (Phi) is 8.79. The minimum atomic E-state index is 0.855. The molecule has 1 rings (SSSR count). The molecule has 0 bridgehead atoms. The van der Waals surface area contributed by atoms with Crippen LogP contribution in [0.2, 0.25) is 0 Å². The largest absolute Gasteiger partial charge is 0.381 e. The van der Waals surface area contributed by atoms with E-state index < -0.39 is 0 Å². The summed E-state index contributed by atoms with van der Waals surface area (Å²) in [4.78, 5) is 8.06. The summed E-state index contributed by atoms with van der Waals surface area (Å²) in [5.41, 5.74) is 0. The third kappa shape index (κ3) is 6.36. The van der Waals surface area contributed by atoms with Gasteiger partial charge in [0.15, 0.2) is 5.13 Å². The Morgan fingerprint density at radius 3 is 2.74 bits per heavy atom. The van der Waals surface area contributed by atoms with Crippen molar-refractivity contribution in [3.8, 4) is 0 Å². The van der Waals surface area contributed by atoms with Crippen molar-refractivity contribution in [1.82, 2.24) is 10.3 Å². The van der Waals surface area contributed by atoms with Gasteiger partial charge in [-0.2, -0.15) is 0 Å². The maximum absolute atomic E-state index is 5.44. The van der Waals surface area contributed by atoms with Crippen molar-refractivity contribution in [2.24, 2.45) is 0 Å². The third-order valence-corrected chi connectivity index (χ3v) is 3.92. The molecule has 0 radical (unpaired) electrons. The van der Waals surface area contributed by atoms with Gasteiger partial charge < -0.3 is 15.0 Å². The first-order chi connectivity index (χ1) is 9.31. The molecule has 0 amide bonds. The van der Waals surface area contributed by atoms with Crippen LogP contribution >= 0.6 is 11.3 Å². The zero-order valence-electron chi connectivity index (χ0n) is 12.4. The molecule has 4 nitrogen and oxygen atoms in total. The van der Waals surface area contributed by atoms with Gasteiger partial charge in [-0.15, -0.1) is 11.3 Å². The van der Waals surface area contributed by atoms with Crippen molar-refractivity contribution in [2.75, 3.05) is 37.7 Å². The van der Waals surface area contributed by atoms with Crippen molar-refractivity contribution in [2.45, 2.75) is 40.2 Å². The number of nitrogens with zero attached hydrogens (tertiary/aromatic N) is 2. The summed E-state index contributed by atoms with van der Waals surface area (Å²) >= 11 is 1.78. The van der Waals surface area contributed by atoms with Crippen LogP contribution in [0.25, 0.3) is 0 Å². The summed E-state index contributed by atoms with van der Waals surface area (Å²) in [5.74, 6) is 0. The van der Waals surface area contributed by atoms with E-state index in [1.165, 1.54) is 4.88 Å². The number of rotatable bonds is 11. The highest BCUT2D eigenvalue weighted by Gasteiger charge is 2.07. The Morgan fingerprint density at radius 2 is 2.05 bits per heavy atom. The van der Waals surface area contributed by atoms with Gasteiger partial charge in [0.1, 0.15) is 0 Å². The smallest absolute Gasteiger partial charge is 0.185 e. The lowest BCUT2D eigenvalue weighted by atomic mass is 10.4. The lowest BCUT2D eigenvalue weighted by Gasteiger charge is -2.16. The number of aromatic nitrogens is 1. The van der Waals surface area contributed by atoms with Crippen LogP contribution in [-0.4, -0.2) is 37.8 Å². The highest BCUT2D eigenvalue weighted by atomic mass is 32.1. The molecule has 0 aliphatic rings. The second-order valence-corrected chi connectivity index (χ2v) is 5.52. The maximum atomic E-state index is 5.44. The van der Waals surface area contributed by atoms with E-state index >= 15 is 0 Å². The first kappa shape index (κ1) is 16.4. The number of hydrogen-bond acceptors (Lipinski definition) is 5. The van der Waals surface area contributed by atoms with E-state index in [9.17, 15) is 0 Å². The zero-order valence-corrected chi connectivity index (χ0v) is 13.3. The normalized spacial score (nSPS) is 10.9. The Bertz CT molecular complexity index is 326. The maximum Gasteiger partial charge on any atom is 0.185 e. The van der Waals surface area contributed by atoms with E-state index in [0.29, 0.717) is 0 Å². The fourth-order valence-corrected chi connectivity index (χ4v) is 2.78. The molecule has 0 atom stereocenters. The van der Waals surface area contributed by atoms with Crippen LogP contribution in [-0.2, 0) is 11.3 Å². The molecule has 0 saturated heterocycles. The van der Waals surface area contributed by atoms with Crippen molar-refractivity contribution in [1.29, 1.82) is 0 Å². The summed E-state index contributed by atoms with van der Waals surface area (Å²) in [5, 5.41) is 4.57. The van der Waals surface area contributed by atoms with Gasteiger partial charge in [0.2, 0.25) is 0 Å². The van der Waals surface area contributed by atoms with Crippen LogP contribution in [0.4, 0.5) is 5.13 Å². The lowest BCUT2D eigenvalue weighted by Crippen LogP contribution is -2.21. The molecular weight excluding hydrogens is 258 g/mol. The minimum Gasteiger partial charge on any atom is -0.381 e. The van der Waals surface area contributed by atoms with Crippen LogP contribution in [0, 0.1) is 0 Å². The van der Waals surface area contributed by atoms with E-state index in [-0.39, 0.29) is 0 Å². The molecule has 0 saturated carbocycles. The van der Waals surface area contributed by atoms with Crippen LogP contribution in [0.15, 0.2) is 6.20 Å². The molecule has 0 aliphatic carbocycles. The van der Waals surface area contributed by atoms with Gasteiger partial charge in [0, 0.05) is 43.9 Å². The second kappa shape index (κ2) is 10.2.